The maximum atomic E-state index is 14.3. The second kappa shape index (κ2) is 13.9. The lowest BCUT2D eigenvalue weighted by molar-refractivity contribution is -0.193. The SMILES string of the molecule is C=C(C)C#CC(=C)C(=C)[C@@H](C=C[C@@H]1[C@H]2CC(=C(F)CO)C[C@H]2C[C@H]1OC1CCCCO1)OC1CCCCO1. The van der Waals surface area contributed by atoms with Gasteiger partial charge in [0.25, 0.3) is 0 Å². The van der Waals surface area contributed by atoms with Crippen molar-refractivity contribution in [3.8, 4) is 11.8 Å². The Balaban J connectivity index is 1.56. The van der Waals surface area contributed by atoms with Crippen LogP contribution in [-0.2, 0) is 18.9 Å². The van der Waals surface area contributed by atoms with Gasteiger partial charge in [-0.2, -0.15) is 0 Å². The monoisotopic (exact) mass is 526 g/mol. The summed E-state index contributed by atoms with van der Waals surface area (Å²) in [4.78, 5) is 0. The number of rotatable bonds is 9. The second-order valence-electron chi connectivity index (χ2n) is 11.1. The van der Waals surface area contributed by atoms with E-state index in [-0.39, 0.29) is 36.3 Å². The third-order valence-corrected chi connectivity index (χ3v) is 8.14. The summed E-state index contributed by atoms with van der Waals surface area (Å²) in [6.45, 7) is 15.0. The van der Waals surface area contributed by atoms with E-state index in [1.54, 1.807) is 0 Å². The minimum Gasteiger partial charge on any atom is -0.389 e. The van der Waals surface area contributed by atoms with Gasteiger partial charge in [-0.15, -0.1) is 0 Å². The topological polar surface area (TPSA) is 57.2 Å². The fourth-order valence-corrected chi connectivity index (χ4v) is 6.09. The van der Waals surface area contributed by atoms with Crippen LogP contribution in [0.4, 0.5) is 4.39 Å². The molecule has 0 aromatic heterocycles. The minimum atomic E-state index is -0.532. The molecule has 2 heterocycles. The summed E-state index contributed by atoms with van der Waals surface area (Å²) in [5, 5.41) is 9.36. The van der Waals surface area contributed by atoms with Crippen LogP contribution < -0.4 is 0 Å². The number of aliphatic hydroxyl groups excluding tert-OH is 1. The van der Waals surface area contributed by atoms with Gasteiger partial charge in [-0.05, 0) is 93.3 Å². The molecular weight excluding hydrogens is 483 g/mol. The summed E-state index contributed by atoms with van der Waals surface area (Å²) in [6.07, 6.45) is 11.3. The van der Waals surface area contributed by atoms with Crippen LogP contribution in [0, 0.1) is 29.6 Å². The molecule has 2 aliphatic heterocycles. The largest absolute Gasteiger partial charge is 0.389 e. The zero-order valence-corrected chi connectivity index (χ0v) is 22.8. The van der Waals surface area contributed by atoms with E-state index < -0.39 is 12.7 Å². The molecule has 0 radical (unpaired) electrons. The van der Waals surface area contributed by atoms with Crippen LogP contribution in [-0.4, -0.2) is 49.7 Å². The Morgan fingerprint density at radius 2 is 1.79 bits per heavy atom. The highest BCUT2D eigenvalue weighted by molar-refractivity contribution is 5.48. The Hall–Kier alpha value is -2.01. The smallest absolute Gasteiger partial charge is 0.158 e. The fraction of sp³-hybridized carbons (Fsp3) is 0.625. The first-order chi connectivity index (χ1) is 18.4. The van der Waals surface area contributed by atoms with Gasteiger partial charge in [0.15, 0.2) is 12.6 Å². The summed E-state index contributed by atoms with van der Waals surface area (Å²) in [7, 11) is 0. The Kier molecular flexibility index (Phi) is 10.6. The predicted octanol–water partition coefficient (Wildman–Crippen LogP) is 6.32. The average molecular weight is 527 g/mol. The molecule has 38 heavy (non-hydrogen) atoms. The van der Waals surface area contributed by atoms with E-state index in [2.05, 4.69) is 37.7 Å². The van der Waals surface area contributed by atoms with Crippen molar-refractivity contribution in [3.05, 3.63) is 60.0 Å². The molecule has 1 N–H and O–H groups in total. The standard InChI is InChI=1S/C32H43FO5/c1-21(2)11-12-22(3)23(4)29(37-31-9-5-7-15-35-31)14-13-26-27-18-25(28(33)20-34)17-24(27)19-30(26)38-32-10-6-8-16-36-32/h13-14,24,26-27,29-32,34H,1,3-10,15-20H2,2H3/t24-,26+,27-,29+,30+,31?,32?/m0/s1. The van der Waals surface area contributed by atoms with Crippen molar-refractivity contribution < 1.29 is 28.4 Å². The number of hydrogen-bond donors (Lipinski definition) is 1. The van der Waals surface area contributed by atoms with E-state index >= 15 is 0 Å². The first-order valence-electron chi connectivity index (χ1n) is 14.1. The number of aliphatic hydroxyl groups is 1. The minimum absolute atomic E-state index is 0.0191. The first kappa shape index (κ1) is 29.0. The molecule has 5 nitrogen and oxygen atoms in total. The molecule has 0 bridgehead atoms. The number of halogens is 1. The zero-order valence-electron chi connectivity index (χ0n) is 22.8. The Morgan fingerprint density at radius 1 is 1.08 bits per heavy atom. The van der Waals surface area contributed by atoms with Crippen molar-refractivity contribution in [2.24, 2.45) is 17.8 Å². The third-order valence-electron chi connectivity index (χ3n) is 8.14. The van der Waals surface area contributed by atoms with Crippen LogP contribution in [0.2, 0.25) is 0 Å². The van der Waals surface area contributed by atoms with Crippen molar-refractivity contribution in [2.75, 3.05) is 19.8 Å². The van der Waals surface area contributed by atoms with E-state index in [0.29, 0.717) is 36.5 Å². The molecule has 0 spiro atoms. The molecule has 2 saturated carbocycles. The van der Waals surface area contributed by atoms with Crippen LogP contribution in [0.5, 0.6) is 0 Å². The van der Waals surface area contributed by atoms with Crippen molar-refractivity contribution in [1.82, 2.24) is 0 Å². The summed E-state index contributed by atoms with van der Waals surface area (Å²) in [5.74, 6) is 6.24. The summed E-state index contributed by atoms with van der Waals surface area (Å²) < 4.78 is 39.0. The third kappa shape index (κ3) is 7.55. The van der Waals surface area contributed by atoms with Gasteiger partial charge in [0, 0.05) is 24.7 Å². The van der Waals surface area contributed by atoms with Crippen molar-refractivity contribution in [1.29, 1.82) is 0 Å². The number of ether oxygens (including phenoxy) is 4. The molecule has 0 aromatic rings. The molecule has 0 amide bonds. The van der Waals surface area contributed by atoms with Crippen molar-refractivity contribution in [2.45, 2.75) is 89.5 Å². The van der Waals surface area contributed by atoms with E-state index in [1.807, 2.05) is 13.0 Å². The molecule has 7 atom stereocenters. The van der Waals surface area contributed by atoms with Crippen molar-refractivity contribution in [3.63, 3.8) is 0 Å². The van der Waals surface area contributed by atoms with E-state index in [4.69, 9.17) is 18.9 Å². The molecule has 0 aromatic carbocycles. The maximum absolute atomic E-state index is 14.3. The second-order valence-corrected chi connectivity index (χ2v) is 11.1. The van der Waals surface area contributed by atoms with Crippen LogP contribution in [0.3, 0.4) is 0 Å². The van der Waals surface area contributed by atoms with E-state index in [1.165, 1.54) is 0 Å². The molecule has 208 valence electrons. The van der Waals surface area contributed by atoms with Gasteiger partial charge in [0.05, 0.1) is 12.7 Å². The van der Waals surface area contributed by atoms with Gasteiger partial charge in [-0.25, -0.2) is 4.39 Å². The number of allylic oxidation sites excluding steroid dienone is 2. The number of fused-ring (bicyclic) bond motifs is 1. The summed E-state index contributed by atoms with van der Waals surface area (Å²) in [5.41, 5.74) is 2.78. The Morgan fingerprint density at radius 3 is 2.42 bits per heavy atom. The molecule has 2 unspecified atom stereocenters. The molecule has 6 heteroatoms. The van der Waals surface area contributed by atoms with Gasteiger partial charge in [0.1, 0.15) is 11.9 Å². The van der Waals surface area contributed by atoms with Gasteiger partial charge in [-0.3, -0.25) is 0 Å². The molecule has 4 rings (SSSR count). The molecule has 2 saturated heterocycles. The lowest BCUT2D eigenvalue weighted by atomic mass is 9.89. The zero-order chi connectivity index (χ0) is 27.1. The normalized spacial score (nSPS) is 33.3. The first-order valence-corrected chi connectivity index (χ1v) is 14.1. The predicted molar refractivity (Wildman–Crippen MR) is 146 cm³/mol. The van der Waals surface area contributed by atoms with Gasteiger partial charge >= 0.3 is 0 Å². The quantitative estimate of drug-likeness (QED) is 0.216. The highest BCUT2D eigenvalue weighted by Gasteiger charge is 2.48. The average Bonchev–Trinajstić information content (AvgIpc) is 3.48. The van der Waals surface area contributed by atoms with Crippen LogP contribution in [0.25, 0.3) is 0 Å². The molecule has 4 fully saturated rings. The maximum Gasteiger partial charge on any atom is 0.158 e. The fourth-order valence-electron chi connectivity index (χ4n) is 6.09. The van der Waals surface area contributed by atoms with Gasteiger partial charge in [-0.1, -0.05) is 43.7 Å². The van der Waals surface area contributed by atoms with E-state index in [0.717, 1.165) is 62.7 Å². The highest BCUT2D eigenvalue weighted by atomic mass is 19.1. The molecular formula is C32H43FO5. The highest BCUT2D eigenvalue weighted by Crippen LogP contribution is 2.52. The van der Waals surface area contributed by atoms with Crippen LogP contribution >= 0.6 is 0 Å². The Labute approximate surface area is 227 Å². The lowest BCUT2D eigenvalue weighted by Crippen LogP contribution is -2.31. The Bertz CT molecular complexity index is 989. The summed E-state index contributed by atoms with van der Waals surface area (Å²) >= 11 is 0. The summed E-state index contributed by atoms with van der Waals surface area (Å²) in [6, 6.07) is 0. The molecule has 2 aliphatic carbocycles. The molecule has 4 aliphatic rings. The van der Waals surface area contributed by atoms with Gasteiger partial charge in [0.2, 0.25) is 0 Å². The number of hydrogen-bond acceptors (Lipinski definition) is 5. The van der Waals surface area contributed by atoms with Crippen LogP contribution in [0.1, 0.15) is 64.7 Å². The van der Waals surface area contributed by atoms with Crippen molar-refractivity contribution >= 4 is 0 Å². The van der Waals surface area contributed by atoms with E-state index in [9.17, 15) is 9.50 Å². The lowest BCUT2D eigenvalue weighted by Gasteiger charge is -2.30. The van der Waals surface area contributed by atoms with Gasteiger partial charge < -0.3 is 24.1 Å². The van der Waals surface area contributed by atoms with Crippen LogP contribution in [0.15, 0.2) is 60.0 Å².